The topological polar surface area (TPSA) is 98.3 Å². The summed E-state index contributed by atoms with van der Waals surface area (Å²) in [5, 5.41) is 14.3. The molecule has 0 spiro atoms. The van der Waals surface area contributed by atoms with Crippen LogP contribution in [0.25, 0.3) is 0 Å². The summed E-state index contributed by atoms with van der Waals surface area (Å²) in [7, 11) is 0. The van der Waals surface area contributed by atoms with Crippen molar-refractivity contribution in [3.63, 3.8) is 0 Å². The van der Waals surface area contributed by atoms with E-state index >= 15 is 0 Å². The second kappa shape index (κ2) is 6.91. The van der Waals surface area contributed by atoms with Crippen molar-refractivity contribution >= 4 is 17.3 Å². The van der Waals surface area contributed by atoms with Crippen molar-refractivity contribution in [1.29, 1.82) is 0 Å². The molecular formula is C17H19N3O3. The van der Waals surface area contributed by atoms with E-state index in [1.54, 1.807) is 6.07 Å². The van der Waals surface area contributed by atoms with E-state index in [4.69, 9.17) is 5.73 Å². The molecule has 0 fully saturated rings. The number of carbonyl (C=O) groups is 1. The number of hydrogen-bond donors (Lipinski definition) is 2. The number of anilines is 1. The van der Waals surface area contributed by atoms with Crippen molar-refractivity contribution in [2.45, 2.75) is 26.3 Å². The lowest BCUT2D eigenvalue weighted by Crippen LogP contribution is -2.12. The van der Waals surface area contributed by atoms with Crippen LogP contribution >= 0.6 is 0 Å². The lowest BCUT2D eigenvalue weighted by atomic mass is 10.0. The highest BCUT2D eigenvalue weighted by Gasteiger charge is 2.16. The summed E-state index contributed by atoms with van der Waals surface area (Å²) in [6.45, 7) is 4.52. The molecule has 0 unspecified atom stereocenters. The molecule has 23 heavy (non-hydrogen) atoms. The summed E-state index contributed by atoms with van der Waals surface area (Å²) in [5.74, 6) is -0.233. The molecular weight excluding hydrogens is 294 g/mol. The zero-order valence-electron chi connectivity index (χ0n) is 13.1. The largest absolute Gasteiger partial charge is 0.381 e. The molecule has 2 aromatic carbocycles. The number of amides is 1. The van der Waals surface area contributed by atoms with Gasteiger partial charge in [0, 0.05) is 29.4 Å². The summed E-state index contributed by atoms with van der Waals surface area (Å²) in [4.78, 5) is 21.8. The van der Waals surface area contributed by atoms with Gasteiger partial charge in [0.1, 0.15) is 0 Å². The Morgan fingerprint density at radius 2 is 1.87 bits per heavy atom. The first-order valence-corrected chi connectivity index (χ1v) is 7.29. The number of nitro benzene ring substituents is 1. The number of primary amides is 1. The molecule has 0 aliphatic rings. The van der Waals surface area contributed by atoms with Gasteiger partial charge in [-0.3, -0.25) is 14.9 Å². The number of rotatable bonds is 6. The first-order chi connectivity index (χ1) is 10.9. The van der Waals surface area contributed by atoms with Crippen LogP contribution in [0.2, 0.25) is 0 Å². The Morgan fingerprint density at radius 3 is 2.39 bits per heavy atom. The van der Waals surface area contributed by atoms with Crippen molar-refractivity contribution < 1.29 is 9.72 Å². The van der Waals surface area contributed by atoms with Crippen molar-refractivity contribution in [2.24, 2.45) is 5.73 Å². The van der Waals surface area contributed by atoms with E-state index in [9.17, 15) is 14.9 Å². The lowest BCUT2D eigenvalue weighted by Gasteiger charge is -2.10. The third-order valence-corrected chi connectivity index (χ3v) is 3.63. The highest BCUT2D eigenvalue weighted by Crippen LogP contribution is 2.22. The highest BCUT2D eigenvalue weighted by atomic mass is 16.6. The van der Waals surface area contributed by atoms with E-state index in [1.807, 2.05) is 24.3 Å². The van der Waals surface area contributed by atoms with Gasteiger partial charge in [0.05, 0.1) is 4.92 Å². The molecule has 0 aliphatic carbocycles. The number of carbonyl (C=O) groups excluding carboxylic acids is 1. The van der Waals surface area contributed by atoms with Crippen LogP contribution in [0.3, 0.4) is 0 Å². The maximum Gasteiger partial charge on any atom is 0.275 e. The molecule has 6 heteroatoms. The predicted molar refractivity (Wildman–Crippen MR) is 89.5 cm³/mol. The van der Waals surface area contributed by atoms with E-state index in [2.05, 4.69) is 19.2 Å². The molecule has 2 aromatic rings. The van der Waals surface area contributed by atoms with E-state index in [0.29, 0.717) is 11.5 Å². The van der Waals surface area contributed by atoms with Gasteiger partial charge in [-0.1, -0.05) is 26.0 Å². The normalized spacial score (nSPS) is 10.6. The van der Waals surface area contributed by atoms with Gasteiger partial charge in [0.15, 0.2) is 0 Å². The third-order valence-electron chi connectivity index (χ3n) is 3.63. The van der Waals surface area contributed by atoms with Gasteiger partial charge in [-0.15, -0.1) is 0 Å². The molecule has 2 rings (SSSR count). The number of nitro groups is 1. The van der Waals surface area contributed by atoms with Crippen molar-refractivity contribution in [3.8, 4) is 0 Å². The Hall–Kier alpha value is -2.89. The zero-order valence-corrected chi connectivity index (χ0v) is 13.1. The van der Waals surface area contributed by atoms with Crippen LogP contribution < -0.4 is 11.1 Å². The lowest BCUT2D eigenvalue weighted by molar-refractivity contribution is -0.385. The standard InChI is InChI=1S/C17H19N3O3/c1-11(2)12-5-7-15(8-6-12)19-10-14-4-3-13(17(18)21)9-16(14)20(22)23/h3-9,11,19H,10H2,1-2H3,(H2,18,21). The Kier molecular flexibility index (Phi) is 4.95. The first kappa shape index (κ1) is 16.5. The maximum absolute atomic E-state index is 11.2. The molecule has 0 atom stereocenters. The van der Waals surface area contributed by atoms with Gasteiger partial charge in [-0.05, 0) is 35.7 Å². The molecule has 0 saturated carbocycles. The highest BCUT2D eigenvalue weighted by molar-refractivity contribution is 5.93. The summed E-state index contributed by atoms with van der Waals surface area (Å²) in [6.07, 6.45) is 0. The van der Waals surface area contributed by atoms with Crippen LogP contribution in [0.15, 0.2) is 42.5 Å². The van der Waals surface area contributed by atoms with E-state index in [-0.39, 0.29) is 17.8 Å². The summed E-state index contributed by atoms with van der Waals surface area (Å²) < 4.78 is 0. The fraction of sp³-hybridized carbons (Fsp3) is 0.235. The Balaban J connectivity index is 2.16. The summed E-state index contributed by atoms with van der Waals surface area (Å²) >= 11 is 0. The number of nitrogens with two attached hydrogens (primary N) is 1. The number of hydrogen-bond acceptors (Lipinski definition) is 4. The number of benzene rings is 2. The SMILES string of the molecule is CC(C)c1ccc(NCc2ccc(C(N)=O)cc2[N+](=O)[O-])cc1. The molecule has 6 nitrogen and oxygen atoms in total. The Morgan fingerprint density at radius 1 is 1.22 bits per heavy atom. The molecule has 0 bridgehead atoms. The van der Waals surface area contributed by atoms with E-state index in [1.165, 1.54) is 17.7 Å². The van der Waals surface area contributed by atoms with Crippen LogP contribution in [0.1, 0.15) is 41.3 Å². The van der Waals surface area contributed by atoms with Crippen LogP contribution in [0.4, 0.5) is 11.4 Å². The van der Waals surface area contributed by atoms with Gasteiger partial charge in [0.2, 0.25) is 5.91 Å². The second-order valence-electron chi connectivity index (χ2n) is 5.60. The van der Waals surface area contributed by atoms with Gasteiger partial charge >= 0.3 is 0 Å². The fourth-order valence-corrected chi connectivity index (χ4v) is 2.22. The van der Waals surface area contributed by atoms with Crippen LogP contribution in [-0.2, 0) is 6.54 Å². The smallest absolute Gasteiger partial charge is 0.275 e. The zero-order chi connectivity index (χ0) is 17.0. The maximum atomic E-state index is 11.2. The Labute approximate surface area is 134 Å². The van der Waals surface area contributed by atoms with Crippen molar-refractivity contribution in [3.05, 3.63) is 69.3 Å². The van der Waals surface area contributed by atoms with Crippen LogP contribution in [0.5, 0.6) is 0 Å². The first-order valence-electron chi connectivity index (χ1n) is 7.29. The molecule has 1 amide bonds. The molecule has 0 aliphatic heterocycles. The fourth-order valence-electron chi connectivity index (χ4n) is 2.22. The number of nitrogens with zero attached hydrogens (tertiary/aromatic N) is 1. The predicted octanol–water partition coefficient (Wildman–Crippen LogP) is 3.43. The number of nitrogens with one attached hydrogen (secondary N) is 1. The molecule has 0 heterocycles. The average Bonchev–Trinajstić information content (AvgIpc) is 2.52. The van der Waals surface area contributed by atoms with Crippen molar-refractivity contribution in [1.82, 2.24) is 0 Å². The quantitative estimate of drug-likeness (QED) is 0.630. The minimum atomic E-state index is -0.683. The minimum Gasteiger partial charge on any atom is -0.381 e. The summed E-state index contributed by atoms with van der Waals surface area (Å²) in [6, 6.07) is 12.2. The Bertz CT molecular complexity index is 724. The molecule has 3 N–H and O–H groups in total. The van der Waals surface area contributed by atoms with Gasteiger partial charge in [-0.25, -0.2) is 0 Å². The summed E-state index contributed by atoms with van der Waals surface area (Å²) in [5.41, 5.74) is 7.77. The second-order valence-corrected chi connectivity index (χ2v) is 5.60. The third kappa shape index (κ3) is 4.06. The molecule has 0 saturated heterocycles. The molecule has 0 aromatic heterocycles. The van der Waals surface area contributed by atoms with Gasteiger partial charge < -0.3 is 11.1 Å². The van der Waals surface area contributed by atoms with Crippen LogP contribution in [-0.4, -0.2) is 10.8 Å². The monoisotopic (exact) mass is 313 g/mol. The minimum absolute atomic E-state index is 0.118. The molecule has 120 valence electrons. The average molecular weight is 313 g/mol. The van der Waals surface area contributed by atoms with Gasteiger partial charge in [-0.2, -0.15) is 0 Å². The van der Waals surface area contributed by atoms with Crippen LogP contribution in [0, 0.1) is 10.1 Å². The van der Waals surface area contributed by atoms with Crippen molar-refractivity contribution in [2.75, 3.05) is 5.32 Å². The van der Waals surface area contributed by atoms with Gasteiger partial charge in [0.25, 0.3) is 5.69 Å². The molecule has 0 radical (unpaired) electrons. The van der Waals surface area contributed by atoms with E-state index in [0.717, 1.165) is 5.69 Å². The van der Waals surface area contributed by atoms with E-state index < -0.39 is 10.8 Å².